The summed E-state index contributed by atoms with van der Waals surface area (Å²) in [7, 11) is 0. The van der Waals surface area contributed by atoms with Crippen LogP contribution in [0.3, 0.4) is 0 Å². The molecule has 0 fully saturated rings. The van der Waals surface area contributed by atoms with E-state index in [0.29, 0.717) is 35.5 Å². The molecule has 0 aromatic heterocycles. The van der Waals surface area contributed by atoms with Gasteiger partial charge in [-0.05, 0) is 68.9 Å². The number of hydrogen-bond acceptors (Lipinski definition) is 3. The van der Waals surface area contributed by atoms with Gasteiger partial charge in [0.2, 0.25) is 0 Å². The summed E-state index contributed by atoms with van der Waals surface area (Å²) in [5.74, 6) is 5.25. The number of hydrogen-bond donors (Lipinski definition) is 0. The zero-order valence-electron chi connectivity index (χ0n) is 26.9. The van der Waals surface area contributed by atoms with Crippen LogP contribution in [0.5, 0.6) is 0 Å². The van der Waals surface area contributed by atoms with Crippen LogP contribution in [-0.2, 0) is 25.2 Å². The first kappa shape index (κ1) is 42.5. The standard InChI is InChI=1S/C34H54OS2.2ClH.Pd/c1-21(2)27-17-29(23(5)6)33(30(18-27)24(7)8)36-15-13-35-14-16-37-34-31(25(9)10)19-28(22(3)4)20-32(34)26(11)12;;;/h17-26H,13-16H2,1-12H3;2*1H;/q;;;+2/p-2. The summed E-state index contributed by atoms with van der Waals surface area (Å²) in [5, 5.41) is 0. The normalized spacial score (nSPS) is 11.4. The summed E-state index contributed by atoms with van der Waals surface area (Å²) < 4.78 is 6.16. The zero-order chi connectivity index (χ0) is 27.9. The SMILES string of the molecule is CC(C)c1cc(C(C)C)c(SCCOCCSc2c(C(C)C)cc(C(C)C)cc2C(C)C)c(C(C)C)c1.[Cl-].[Cl-].[Pd+2]. The number of ether oxygens (including phenoxy) is 1. The van der Waals surface area contributed by atoms with Crippen LogP contribution >= 0.6 is 23.5 Å². The Balaban J connectivity index is 0. The van der Waals surface area contributed by atoms with E-state index in [4.69, 9.17) is 4.74 Å². The van der Waals surface area contributed by atoms with Crippen molar-refractivity contribution in [3.05, 3.63) is 57.6 Å². The first-order valence-electron chi connectivity index (χ1n) is 14.5. The van der Waals surface area contributed by atoms with Crippen molar-refractivity contribution >= 4 is 23.5 Å². The second-order valence-corrected chi connectivity index (χ2v) is 14.5. The van der Waals surface area contributed by atoms with Crippen molar-refractivity contribution in [3.63, 3.8) is 0 Å². The molecule has 0 radical (unpaired) electrons. The predicted octanol–water partition coefficient (Wildman–Crippen LogP) is 5.33. The topological polar surface area (TPSA) is 9.23 Å². The van der Waals surface area contributed by atoms with Crippen LogP contribution in [0.1, 0.15) is 152 Å². The van der Waals surface area contributed by atoms with Gasteiger partial charge in [0.1, 0.15) is 0 Å². The van der Waals surface area contributed by atoms with E-state index in [0.717, 1.165) is 24.7 Å². The average Bonchev–Trinajstić information content (AvgIpc) is 2.81. The van der Waals surface area contributed by atoms with Gasteiger partial charge in [-0.2, -0.15) is 0 Å². The fraction of sp³-hybridized carbons (Fsp3) is 0.647. The van der Waals surface area contributed by atoms with Gasteiger partial charge in [0.05, 0.1) is 13.2 Å². The number of halogens is 2. The molecular weight excluding hydrogens is 666 g/mol. The summed E-state index contributed by atoms with van der Waals surface area (Å²) in [4.78, 5) is 2.97. The van der Waals surface area contributed by atoms with Gasteiger partial charge in [0, 0.05) is 21.3 Å². The molecule has 2 aromatic rings. The molecule has 0 atom stereocenters. The Morgan fingerprint density at radius 3 is 0.925 bits per heavy atom. The molecule has 0 N–H and O–H groups in total. The molecule has 2 aromatic carbocycles. The van der Waals surface area contributed by atoms with Crippen LogP contribution < -0.4 is 24.8 Å². The molecule has 0 aliphatic rings. The van der Waals surface area contributed by atoms with Crippen molar-refractivity contribution < 1.29 is 50.0 Å². The molecule has 0 heterocycles. The average molecular weight is 720 g/mol. The van der Waals surface area contributed by atoms with E-state index in [1.165, 1.54) is 43.2 Å². The third kappa shape index (κ3) is 12.1. The van der Waals surface area contributed by atoms with Crippen LogP contribution in [0.15, 0.2) is 34.1 Å². The van der Waals surface area contributed by atoms with E-state index >= 15 is 0 Å². The minimum Gasteiger partial charge on any atom is -1.00 e. The fourth-order valence-electron chi connectivity index (χ4n) is 4.62. The minimum atomic E-state index is 0. The Kier molecular flexibility index (Phi) is 21.6. The van der Waals surface area contributed by atoms with Crippen LogP contribution in [0.4, 0.5) is 0 Å². The molecule has 232 valence electrons. The fourth-order valence-corrected chi connectivity index (χ4v) is 7.28. The van der Waals surface area contributed by atoms with Crippen molar-refractivity contribution in [2.75, 3.05) is 24.7 Å². The third-order valence-corrected chi connectivity index (χ3v) is 9.37. The monoisotopic (exact) mass is 718 g/mol. The third-order valence-electron chi connectivity index (χ3n) is 7.11. The quantitative estimate of drug-likeness (QED) is 0.149. The maximum absolute atomic E-state index is 6.16. The summed E-state index contributed by atoms with van der Waals surface area (Å²) in [6, 6.07) is 9.79. The Hall–Kier alpha value is 0.342. The van der Waals surface area contributed by atoms with E-state index in [1.54, 1.807) is 0 Å². The molecular formula is C34H54Cl2OPdS2. The van der Waals surface area contributed by atoms with E-state index in [-0.39, 0.29) is 45.2 Å². The number of thioether (sulfide) groups is 2. The largest absolute Gasteiger partial charge is 2.00 e. The summed E-state index contributed by atoms with van der Waals surface area (Å²) in [5.41, 5.74) is 8.94. The van der Waals surface area contributed by atoms with E-state index in [2.05, 4.69) is 107 Å². The van der Waals surface area contributed by atoms with Gasteiger partial charge in [-0.25, -0.2) is 0 Å². The Morgan fingerprint density at radius 1 is 0.475 bits per heavy atom. The first-order valence-corrected chi connectivity index (χ1v) is 16.5. The molecule has 6 heteroatoms. The molecule has 2 rings (SSSR count). The zero-order valence-corrected chi connectivity index (χ0v) is 31.6. The molecule has 0 saturated heterocycles. The maximum atomic E-state index is 6.16. The van der Waals surface area contributed by atoms with Gasteiger partial charge < -0.3 is 29.6 Å². The van der Waals surface area contributed by atoms with Crippen LogP contribution in [0.2, 0.25) is 0 Å². The molecule has 0 aliphatic heterocycles. The van der Waals surface area contributed by atoms with Crippen molar-refractivity contribution in [2.45, 2.75) is 128 Å². The Bertz CT molecular complexity index is 866. The first-order chi connectivity index (χ1) is 17.3. The second kappa shape index (κ2) is 20.3. The molecule has 40 heavy (non-hydrogen) atoms. The van der Waals surface area contributed by atoms with Crippen LogP contribution in [-0.4, -0.2) is 24.7 Å². The van der Waals surface area contributed by atoms with Gasteiger partial charge >= 0.3 is 20.4 Å². The molecule has 0 aliphatic carbocycles. The minimum absolute atomic E-state index is 0. The molecule has 0 saturated carbocycles. The molecule has 0 spiro atoms. The molecule has 0 bridgehead atoms. The summed E-state index contributed by atoms with van der Waals surface area (Å²) in [6.45, 7) is 29.4. The van der Waals surface area contributed by atoms with Crippen molar-refractivity contribution in [2.24, 2.45) is 0 Å². The van der Waals surface area contributed by atoms with Gasteiger partial charge in [-0.15, -0.1) is 23.5 Å². The predicted molar refractivity (Wildman–Crippen MR) is 170 cm³/mol. The van der Waals surface area contributed by atoms with Gasteiger partial charge in [0.15, 0.2) is 0 Å². The van der Waals surface area contributed by atoms with Gasteiger partial charge in [-0.1, -0.05) is 107 Å². The Labute approximate surface area is 282 Å². The molecule has 0 amide bonds. The summed E-state index contributed by atoms with van der Waals surface area (Å²) in [6.07, 6.45) is 0. The van der Waals surface area contributed by atoms with E-state index in [9.17, 15) is 0 Å². The summed E-state index contributed by atoms with van der Waals surface area (Å²) >= 11 is 3.98. The van der Waals surface area contributed by atoms with Crippen LogP contribution in [0.25, 0.3) is 0 Å². The number of benzene rings is 2. The van der Waals surface area contributed by atoms with Crippen molar-refractivity contribution in [3.8, 4) is 0 Å². The van der Waals surface area contributed by atoms with E-state index < -0.39 is 0 Å². The maximum Gasteiger partial charge on any atom is 2.00 e. The van der Waals surface area contributed by atoms with Gasteiger partial charge in [-0.3, -0.25) is 0 Å². The second-order valence-electron chi connectivity index (χ2n) is 12.3. The molecule has 0 unspecified atom stereocenters. The molecule has 1 nitrogen and oxygen atoms in total. The van der Waals surface area contributed by atoms with Crippen molar-refractivity contribution in [1.82, 2.24) is 0 Å². The van der Waals surface area contributed by atoms with Crippen molar-refractivity contribution in [1.29, 1.82) is 0 Å². The van der Waals surface area contributed by atoms with E-state index in [1.807, 2.05) is 23.5 Å². The smallest absolute Gasteiger partial charge is 1.00 e. The Morgan fingerprint density at radius 2 is 0.725 bits per heavy atom. The number of rotatable bonds is 14. The van der Waals surface area contributed by atoms with Crippen LogP contribution in [0, 0.1) is 0 Å². The van der Waals surface area contributed by atoms with Gasteiger partial charge in [0.25, 0.3) is 0 Å².